The van der Waals surface area contributed by atoms with E-state index in [0.717, 1.165) is 11.8 Å². The minimum absolute atomic E-state index is 0.458. The summed E-state index contributed by atoms with van der Waals surface area (Å²) in [5, 5.41) is 0. The van der Waals surface area contributed by atoms with Crippen molar-refractivity contribution in [1.29, 1.82) is 0 Å². The molecule has 0 amide bonds. The Balaban J connectivity index is 2.07. The van der Waals surface area contributed by atoms with Gasteiger partial charge in [0.25, 0.3) is 0 Å². The molecule has 1 unspecified atom stereocenters. The maximum atomic E-state index is 5.72. The first kappa shape index (κ1) is 10.4. The van der Waals surface area contributed by atoms with Gasteiger partial charge in [-0.15, -0.1) is 0 Å². The third kappa shape index (κ3) is 1.17. The van der Waals surface area contributed by atoms with E-state index < -0.39 is 0 Å². The Morgan fingerprint density at radius 3 is 1.86 bits per heavy atom. The van der Waals surface area contributed by atoms with Crippen molar-refractivity contribution in [2.45, 2.75) is 53.0 Å². The number of hydrogen-bond acceptors (Lipinski definition) is 2. The second-order valence-corrected chi connectivity index (χ2v) is 6.30. The largest absolute Gasteiger partial charge is 0.271 e. The van der Waals surface area contributed by atoms with E-state index in [2.05, 4.69) is 33.1 Å². The van der Waals surface area contributed by atoms with Gasteiger partial charge in [0, 0.05) is 6.04 Å². The topological polar surface area (TPSA) is 38.0 Å². The summed E-state index contributed by atoms with van der Waals surface area (Å²) in [4.78, 5) is 0. The first-order valence-corrected chi connectivity index (χ1v) is 5.89. The van der Waals surface area contributed by atoms with Gasteiger partial charge in [-0.05, 0) is 35.5 Å². The van der Waals surface area contributed by atoms with Crippen LogP contribution in [0.1, 0.15) is 47.0 Å². The molecule has 2 heteroatoms. The van der Waals surface area contributed by atoms with Crippen LogP contribution in [0.3, 0.4) is 0 Å². The Labute approximate surface area is 87.6 Å². The first-order chi connectivity index (χ1) is 6.43. The van der Waals surface area contributed by atoms with Gasteiger partial charge in [0.2, 0.25) is 0 Å². The average molecular weight is 196 g/mol. The lowest BCUT2D eigenvalue weighted by Crippen LogP contribution is -2.46. The van der Waals surface area contributed by atoms with Crippen molar-refractivity contribution < 1.29 is 0 Å². The fraction of sp³-hybridized carbons (Fsp3) is 1.00. The van der Waals surface area contributed by atoms with Crippen LogP contribution in [-0.4, -0.2) is 6.04 Å². The van der Waals surface area contributed by atoms with Gasteiger partial charge in [0.15, 0.2) is 0 Å². The van der Waals surface area contributed by atoms with Gasteiger partial charge >= 0.3 is 0 Å². The summed E-state index contributed by atoms with van der Waals surface area (Å²) >= 11 is 0. The lowest BCUT2D eigenvalue weighted by molar-refractivity contribution is 0.192. The molecule has 82 valence electrons. The molecule has 1 atom stereocenters. The molecule has 0 aromatic heterocycles. The average Bonchev–Trinajstić information content (AvgIpc) is 2.36. The number of hydrogen-bond donors (Lipinski definition) is 2. The Hall–Kier alpha value is -0.0800. The highest BCUT2D eigenvalue weighted by Crippen LogP contribution is 2.70. The van der Waals surface area contributed by atoms with Crippen molar-refractivity contribution >= 4 is 0 Å². The maximum Gasteiger partial charge on any atom is 0.0277 e. The Morgan fingerprint density at radius 2 is 1.64 bits per heavy atom. The van der Waals surface area contributed by atoms with Gasteiger partial charge in [-0.25, -0.2) is 0 Å². The summed E-state index contributed by atoms with van der Waals surface area (Å²) in [7, 11) is 0. The molecule has 2 fully saturated rings. The molecular formula is C12H24N2. The SMILES string of the molecule is CC1(C)C(C(NN)C2CCC2)C1(C)C. The summed E-state index contributed by atoms with van der Waals surface area (Å²) in [5.74, 6) is 7.31. The van der Waals surface area contributed by atoms with Crippen molar-refractivity contribution in [2.75, 3.05) is 0 Å². The van der Waals surface area contributed by atoms with E-state index in [0.29, 0.717) is 16.9 Å². The Bertz CT molecular complexity index is 214. The minimum Gasteiger partial charge on any atom is -0.271 e. The highest BCUT2D eigenvalue weighted by atomic mass is 15.2. The highest BCUT2D eigenvalue weighted by molar-refractivity contribution is 5.17. The normalized spacial score (nSPS) is 32.4. The zero-order valence-electron chi connectivity index (χ0n) is 9.93. The lowest BCUT2D eigenvalue weighted by atomic mass is 9.76. The number of nitrogens with one attached hydrogen (secondary N) is 1. The quantitative estimate of drug-likeness (QED) is 0.537. The molecule has 2 rings (SSSR count). The predicted molar refractivity (Wildman–Crippen MR) is 59.5 cm³/mol. The second-order valence-electron chi connectivity index (χ2n) is 6.30. The fourth-order valence-corrected chi connectivity index (χ4v) is 3.45. The van der Waals surface area contributed by atoms with Gasteiger partial charge in [-0.2, -0.15) is 0 Å². The van der Waals surface area contributed by atoms with E-state index in [1.807, 2.05) is 0 Å². The number of hydrazine groups is 1. The van der Waals surface area contributed by atoms with E-state index in [9.17, 15) is 0 Å². The zero-order chi connectivity index (χ0) is 10.6. The third-order valence-corrected chi connectivity index (χ3v) is 5.34. The van der Waals surface area contributed by atoms with Crippen LogP contribution in [0.5, 0.6) is 0 Å². The predicted octanol–water partition coefficient (Wildman–Crippen LogP) is 2.30. The summed E-state index contributed by atoms with van der Waals surface area (Å²) in [6.45, 7) is 9.50. The van der Waals surface area contributed by atoms with Crippen LogP contribution in [0.4, 0.5) is 0 Å². The molecule has 0 radical (unpaired) electrons. The van der Waals surface area contributed by atoms with E-state index in [4.69, 9.17) is 5.84 Å². The smallest absolute Gasteiger partial charge is 0.0277 e. The molecule has 0 heterocycles. The molecular weight excluding hydrogens is 172 g/mol. The summed E-state index contributed by atoms with van der Waals surface area (Å²) in [5.41, 5.74) is 3.99. The van der Waals surface area contributed by atoms with E-state index in [1.54, 1.807) is 0 Å². The first-order valence-electron chi connectivity index (χ1n) is 5.89. The molecule has 2 aliphatic carbocycles. The van der Waals surface area contributed by atoms with Crippen molar-refractivity contribution in [2.24, 2.45) is 28.5 Å². The molecule has 0 bridgehead atoms. The number of nitrogens with two attached hydrogens (primary N) is 1. The Kier molecular flexibility index (Phi) is 2.20. The van der Waals surface area contributed by atoms with Gasteiger partial charge < -0.3 is 0 Å². The molecule has 0 spiro atoms. The molecule has 0 aromatic rings. The van der Waals surface area contributed by atoms with Gasteiger partial charge in [0.1, 0.15) is 0 Å². The number of rotatable bonds is 3. The molecule has 2 aliphatic rings. The van der Waals surface area contributed by atoms with Gasteiger partial charge in [0.05, 0.1) is 0 Å². The maximum absolute atomic E-state index is 5.72. The van der Waals surface area contributed by atoms with Crippen molar-refractivity contribution in [3.8, 4) is 0 Å². The highest BCUT2D eigenvalue weighted by Gasteiger charge is 2.67. The van der Waals surface area contributed by atoms with Crippen molar-refractivity contribution in [3.05, 3.63) is 0 Å². The fourth-order valence-electron chi connectivity index (χ4n) is 3.45. The van der Waals surface area contributed by atoms with Crippen molar-refractivity contribution in [3.63, 3.8) is 0 Å². The summed E-state index contributed by atoms with van der Waals surface area (Å²) in [6.07, 6.45) is 4.14. The van der Waals surface area contributed by atoms with E-state index >= 15 is 0 Å². The molecule has 2 saturated carbocycles. The van der Waals surface area contributed by atoms with Gasteiger partial charge in [-0.1, -0.05) is 34.1 Å². The molecule has 14 heavy (non-hydrogen) atoms. The van der Waals surface area contributed by atoms with Crippen LogP contribution in [-0.2, 0) is 0 Å². The van der Waals surface area contributed by atoms with Crippen LogP contribution < -0.4 is 11.3 Å². The van der Waals surface area contributed by atoms with Crippen LogP contribution >= 0.6 is 0 Å². The molecule has 0 aliphatic heterocycles. The zero-order valence-corrected chi connectivity index (χ0v) is 9.93. The van der Waals surface area contributed by atoms with E-state index in [-0.39, 0.29) is 0 Å². The van der Waals surface area contributed by atoms with Crippen LogP contribution in [0.2, 0.25) is 0 Å². The minimum atomic E-state index is 0.458. The molecule has 3 N–H and O–H groups in total. The van der Waals surface area contributed by atoms with Crippen LogP contribution in [0.25, 0.3) is 0 Å². The Morgan fingerprint density at radius 1 is 1.14 bits per heavy atom. The molecule has 0 aromatic carbocycles. The molecule has 2 nitrogen and oxygen atoms in total. The summed E-state index contributed by atoms with van der Waals surface area (Å²) in [6, 6.07) is 0.550. The lowest BCUT2D eigenvalue weighted by Gasteiger charge is -2.34. The third-order valence-electron chi connectivity index (χ3n) is 5.34. The van der Waals surface area contributed by atoms with Gasteiger partial charge in [-0.3, -0.25) is 11.3 Å². The van der Waals surface area contributed by atoms with Crippen LogP contribution in [0, 0.1) is 22.7 Å². The second kappa shape index (κ2) is 2.96. The van der Waals surface area contributed by atoms with Crippen molar-refractivity contribution in [1.82, 2.24) is 5.43 Å². The monoisotopic (exact) mass is 196 g/mol. The standard InChI is InChI=1S/C12H24N2/c1-11(2)10(12(11,3)4)9(14-13)8-6-5-7-8/h8-10,14H,5-7,13H2,1-4H3. The summed E-state index contributed by atoms with van der Waals surface area (Å²) < 4.78 is 0. The van der Waals surface area contributed by atoms with Crippen LogP contribution in [0.15, 0.2) is 0 Å². The molecule has 0 saturated heterocycles. The van der Waals surface area contributed by atoms with E-state index in [1.165, 1.54) is 19.3 Å².